The maximum atomic E-state index is 4.40. The molecule has 2 aromatic rings. The molecule has 0 saturated heterocycles. The summed E-state index contributed by atoms with van der Waals surface area (Å²) in [7, 11) is 0. The fraction of sp³-hybridized carbons (Fsp3) is 0.308. The van der Waals surface area contributed by atoms with E-state index in [0.29, 0.717) is 4.83 Å². The summed E-state index contributed by atoms with van der Waals surface area (Å²) in [6, 6.07) is 10.2. The van der Waals surface area contributed by atoms with Crippen molar-refractivity contribution in [2.45, 2.75) is 17.7 Å². The van der Waals surface area contributed by atoms with Crippen molar-refractivity contribution in [3.05, 3.63) is 48.3 Å². The van der Waals surface area contributed by atoms with Crippen LogP contribution in [0.3, 0.4) is 0 Å². The van der Waals surface area contributed by atoms with Gasteiger partial charge in [-0.3, -0.25) is 0 Å². The highest BCUT2D eigenvalue weighted by Gasteiger charge is 2.31. The molecule has 0 spiro atoms. The van der Waals surface area contributed by atoms with Crippen LogP contribution in [0, 0.1) is 5.92 Å². The minimum absolute atomic E-state index is 0.477. The number of para-hydroxylation sites is 1. The Morgan fingerprint density at radius 3 is 2.69 bits per heavy atom. The molecule has 0 aliphatic heterocycles. The van der Waals surface area contributed by atoms with E-state index in [4.69, 9.17) is 0 Å². The number of halogens is 1. The van der Waals surface area contributed by atoms with Crippen molar-refractivity contribution in [2.75, 3.05) is 0 Å². The molecule has 82 valence electrons. The molecule has 1 atom stereocenters. The van der Waals surface area contributed by atoms with Gasteiger partial charge in [-0.25, -0.2) is 4.68 Å². The zero-order valence-corrected chi connectivity index (χ0v) is 10.5. The molecule has 1 fully saturated rings. The van der Waals surface area contributed by atoms with Gasteiger partial charge in [0, 0.05) is 16.6 Å². The summed E-state index contributed by atoms with van der Waals surface area (Å²) in [5, 5.41) is 4.40. The van der Waals surface area contributed by atoms with Crippen LogP contribution in [0.25, 0.3) is 5.69 Å². The fourth-order valence-corrected chi connectivity index (χ4v) is 2.63. The standard InChI is InChI=1S/C13H13BrN2/c14-13(10-6-7-10)11-8-15-16(9-11)12-4-2-1-3-5-12/h1-5,8-10,13H,6-7H2. The summed E-state index contributed by atoms with van der Waals surface area (Å²) in [6.45, 7) is 0. The second-order valence-corrected chi connectivity index (χ2v) is 5.28. The lowest BCUT2D eigenvalue weighted by Crippen LogP contribution is -1.93. The van der Waals surface area contributed by atoms with E-state index in [1.54, 1.807) is 0 Å². The number of aromatic nitrogens is 2. The van der Waals surface area contributed by atoms with Gasteiger partial charge in [0.15, 0.2) is 0 Å². The number of hydrogen-bond acceptors (Lipinski definition) is 1. The first-order valence-corrected chi connectivity index (χ1v) is 6.50. The number of nitrogens with zero attached hydrogens (tertiary/aromatic N) is 2. The number of hydrogen-bond donors (Lipinski definition) is 0. The number of rotatable bonds is 3. The number of benzene rings is 1. The summed E-state index contributed by atoms with van der Waals surface area (Å²) in [4.78, 5) is 0.477. The van der Waals surface area contributed by atoms with Gasteiger partial charge in [0.05, 0.1) is 11.9 Å². The van der Waals surface area contributed by atoms with Gasteiger partial charge in [-0.1, -0.05) is 34.1 Å². The van der Waals surface area contributed by atoms with Crippen LogP contribution < -0.4 is 0 Å². The van der Waals surface area contributed by atoms with Gasteiger partial charge >= 0.3 is 0 Å². The molecule has 0 bridgehead atoms. The van der Waals surface area contributed by atoms with Crippen molar-refractivity contribution in [3.8, 4) is 5.69 Å². The van der Waals surface area contributed by atoms with E-state index in [1.165, 1.54) is 18.4 Å². The second kappa shape index (κ2) is 4.06. The zero-order valence-electron chi connectivity index (χ0n) is 8.88. The topological polar surface area (TPSA) is 17.8 Å². The Balaban J connectivity index is 1.87. The molecule has 0 radical (unpaired) electrons. The zero-order chi connectivity index (χ0) is 11.0. The van der Waals surface area contributed by atoms with E-state index in [2.05, 4.69) is 39.4 Å². The molecule has 3 rings (SSSR count). The van der Waals surface area contributed by atoms with Crippen LogP contribution in [0.1, 0.15) is 23.2 Å². The lowest BCUT2D eigenvalue weighted by Gasteiger charge is -2.03. The monoisotopic (exact) mass is 276 g/mol. The van der Waals surface area contributed by atoms with Gasteiger partial charge in [0.25, 0.3) is 0 Å². The molecule has 1 aliphatic carbocycles. The minimum atomic E-state index is 0.477. The quantitative estimate of drug-likeness (QED) is 0.782. The van der Waals surface area contributed by atoms with Gasteiger partial charge in [0.2, 0.25) is 0 Å². The Bertz CT molecular complexity index is 474. The largest absolute Gasteiger partial charge is 0.241 e. The molecule has 1 unspecified atom stereocenters. The molecule has 1 saturated carbocycles. The molecule has 16 heavy (non-hydrogen) atoms. The van der Waals surface area contributed by atoms with Crippen LogP contribution in [-0.2, 0) is 0 Å². The maximum absolute atomic E-state index is 4.40. The summed E-state index contributed by atoms with van der Waals surface area (Å²) in [5.74, 6) is 0.813. The summed E-state index contributed by atoms with van der Waals surface area (Å²) >= 11 is 3.75. The van der Waals surface area contributed by atoms with Crippen molar-refractivity contribution in [3.63, 3.8) is 0 Å². The highest BCUT2D eigenvalue weighted by Crippen LogP contribution is 2.46. The Kier molecular flexibility index (Phi) is 2.56. The van der Waals surface area contributed by atoms with E-state index in [-0.39, 0.29) is 0 Å². The average Bonchev–Trinajstić information content (AvgIpc) is 3.07. The highest BCUT2D eigenvalue weighted by molar-refractivity contribution is 9.09. The predicted molar refractivity (Wildman–Crippen MR) is 68.0 cm³/mol. The van der Waals surface area contributed by atoms with Crippen LogP contribution in [0.4, 0.5) is 0 Å². The first-order valence-electron chi connectivity index (χ1n) is 5.58. The molecular formula is C13H13BrN2. The van der Waals surface area contributed by atoms with Gasteiger partial charge in [-0.2, -0.15) is 5.10 Å². The van der Waals surface area contributed by atoms with Crippen molar-refractivity contribution < 1.29 is 0 Å². The van der Waals surface area contributed by atoms with Crippen molar-refractivity contribution in [1.82, 2.24) is 9.78 Å². The summed E-state index contributed by atoms with van der Waals surface area (Å²) in [6.07, 6.45) is 6.76. The van der Waals surface area contributed by atoms with E-state index in [9.17, 15) is 0 Å². The molecule has 1 aromatic heterocycles. The Morgan fingerprint density at radius 2 is 2.00 bits per heavy atom. The first-order chi connectivity index (χ1) is 7.84. The van der Waals surface area contributed by atoms with Crippen LogP contribution >= 0.6 is 15.9 Å². The second-order valence-electron chi connectivity index (χ2n) is 4.29. The van der Waals surface area contributed by atoms with E-state index in [1.807, 2.05) is 29.1 Å². The molecule has 1 aliphatic rings. The summed E-state index contributed by atoms with van der Waals surface area (Å²) in [5.41, 5.74) is 2.40. The van der Waals surface area contributed by atoms with Gasteiger partial charge in [-0.05, 0) is 30.9 Å². The number of alkyl halides is 1. The third kappa shape index (κ3) is 1.92. The van der Waals surface area contributed by atoms with Crippen molar-refractivity contribution >= 4 is 15.9 Å². The lowest BCUT2D eigenvalue weighted by molar-refractivity contribution is 0.821. The van der Waals surface area contributed by atoms with Gasteiger partial charge < -0.3 is 0 Å². The molecule has 1 heterocycles. The normalized spacial score (nSPS) is 17.3. The average molecular weight is 277 g/mol. The fourth-order valence-electron chi connectivity index (χ4n) is 1.86. The van der Waals surface area contributed by atoms with Crippen LogP contribution in [0.2, 0.25) is 0 Å². The van der Waals surface area contributed by atoms with Crippen molar-refractivity contribution in [2.24, 2.45) is 5.92 Å². The Morgan fingerprint density at radius 1 is 1.25 bits per heavy atom. The molecular weight excluding hydrogens is 264 g/mol. The third-order valence-corrected chi connectivity index (χ3v) is 4.25. The van der Waals surface area contributed by atoms with Crippen molar-refractivity contribution in [1.29, 1.82) is 0 Å². The maximum Gasteiger partial charge on any atom is 0.0645 e. The lowest BCUT2D eigenvalue weighted by atomic mass is 10.2. The van der Waals surface area contributed by atoms with Crippen LogP contribution in [0.15, 0.2) is 42.7 Å². The molecule has 0 amide bonds. The minimum Gasteiger partial charge on any atom is -0.241 e. The van der Waals surface area contributed by atoms with E-state index in [0.717, 1.165) is 11.6 Å². The highest BCUT2D eigenvalue weighted by atomic mass is 79.9. The molecule has 1 aromatic carbocycles. The molecule has 0 N–H and O–H groups in total. The Labute approximate surface area is 103 Å². The van der Waals surface area contributed by atoms with Crippen LogP contribution in [-0.4, -0.2) is 9.78 Å². The van der Waals surface area contributed by atoms with E-state index < -0.39 is 0 Å². The van der Waals surface area contributed by atoms with E-state index >= 15 is 0 Å². The van der Waals surface area contributed by atoms with Gasteiger partial charge in [-0.15, -0.1) is 0 Å². The third-order valence-electron chi connectivity index (χ3n) is 2.98. The SMILES string of the molecule is BrC(c1cnn(-c2ccccc2)c1)C1CC1. The first kappa shape index (κ1) is 10.1. The Hall–Kier alpha value is -1.09. The van der Waals surface area contributed by atoms with Crippen LogP contribution in [0.5, 0.6) is 0 Å². The van der Waals surface area contributed by atoms with Gasteiger partial charge in [0.1, 0.15) is 0 Å². The smallest absolute Gasteiger partial charge is 0.0645 e. The molecule has 2 nitrogen and oxygen atoms in total. The molecule has 3 heteroatoms. The predicted octanol–water partition coefficient (Wildman–Crippen LogP) is 3.72. The summed E-state index contributed by atoms with van der Waals surface area (Å²) < 4.78 is 1.94.